The lowest BCUT2D eigenvalue weighted by Gasteiger charge is -2.25. The van der Waals surface area contributed by atoms with Crippen molar-refractivity contribution in [3.8, 4) is 16.9 Å². The van der Waals surface area contributed by atoms with E-state index in [0.29, 0.717) is 18.2 Å². The van der Waals surface area contributed by atoms with Crippen LogP contribution in [0.25, 0.3) is 11.1 Å². The molecule has 0 spiro atoms. The van der Waals surface area contributed by atoms with Crippen LogP contribution in [0.1, 0.15) is 20.3 Å². The van der Waals surface area contributed by atoms with Gasteiger partial charge in [-0.3, -0.25) is 4.79 Å². The largest absolute Gasteiger partial charge is 0.481 e. The van der Waals surface area contributed by atoms with Gasteiger partial charge in [0.2, 0.25) is 0 Å². The molecule has 1 saturated heterocycles. The van der Waals surface area contributed by atoms with E-state index in [1.807, 2.05) is 54.3 Å². The van der Waals surface area contributed by atoms with Gasteiger partial charge in [-0.05, 0) is 56.0 Å². The number of hydrogen-bond donors (Lipinski definition) is 1. The molecular weight excluding hydrogens is 348 g/mol. The molecule has 0 radical (unpaired) electrons. The summed E-state index contributed by atoms with van der Waals surface area (Å²) in [6.07, 6.45) is 0.474. The minimum Gasteiger partial charge on any atom is -0.481 e. The summed E-state index contributed by atoms with van der Waals surface area (Å²) in [4.78, 5) is 14.6. The Morgan fingerprint density at radius 2 is 1.77 bits per heavy atom. The van der Waals surface area contributed by atoms with Crippen molar-refractivity contribution in [2.24, 2.45) is 11.7 Å². The van der Waals surface area contributed by atoms with Crippen molar-refractivity contribution in [3.05, 3.63) is 54.6 Å². The zero-order valence-electron chi connectivity index (χ0n) is 15.3. The molecular formula is C21H27ClN2O2. The van der Waals surface area contributed by atoms with Crippen LogP contribution in [0.15, 0.2) is 54.6 Å². The first-order valence-corrected chi connectivity index (χ1v) is 8.91. The summed E-state index contributed by atoms with van der Waals surface area (Å²) in [7, 11) is 0. The predicted molar refractivity (Wildman–Crippen MR) is 108 cm³/mol. The average Bonchev–Trinajstić information content (AvgIpc) is 3.03. The fraction of sp³-hybridized carbons (Fsp3) is 0.381. The van der Waals surface area contributed by atoms with E-state index in [1.54, 1.807) is 0 Å². The molecule has 2 aromatic carbocycles. The van der Waals surface area contributed by atoms with Gasteiger partial charge in [-0.25, -0.2) is 0 Å². The van der Waals surface area contributed by atoms with E-state index in [2.05, 4.69) is 19.1 Å². The predicted octanol–water partition coefficient (Wildman–Crippen LogP) is 3.74. The molecule has 2 N–H and O–H groups in total. The summed E-state index contributed by atoms with van der Waals surface area (Å²) >= 11 is 0. The third-order valence-corrected chi connectivity index (χ3v) is 4.90. The fourth-order valence-electron chi connectivity index (χ4n) is 3.46. The summed E-state index contributed by atoms with van der Waals surface area (Å²) in [6.45, 7) is 5.26. The Kier molecular flexibility index (Phi) is 7.06. The number of nitrogens with zero attached hydrogens (tertiary/aromatic N) is 1. The summed E-state index contributed by atoms with van der Waals surface area (Å²) in [6, 6.07) is 18.3. The van der Waals surface area contributed by atoms with Gasteiger partial charge >= 0.3 is 0 Å². The fourth-order valence-corrected chi connectivity index (χ4v) is 3.46. The molecule has 0 aromatic heterocycles. The number of rotatable bonds is 5. The van der Waals surface area contributed by atoms with E-state index in [0.717, 1.165) is 24.1 Å². The van der Waals surface area contributed by atoms with E-state index in [-0.39, 0.29) is 24.4 Å². The number of benzene rings is 2. The van der Waals surface area contributed by atoms with E-state index in [4.69, 9.17) is 10.5 Å². The van der Waals surface area contributed by atoms with E-state index in [1.165, 1.54) is 0 Å². The second-order valence-corrected chi connectivity index (χ2v) is 6.83. The minimum atomic E-state index is -0.499. The number of nitrogens with two attached hydrogens (primary N) is 1. The van der Waals surface area contributed by atoms with Crippen LogP contribution >= 0.6 is 12.4 Å². The SMILES string of the molecule is CC(Oc1ccc(-c2ccccc2)cc1)C(=O)N1CC(CN)CC1C.Cl. The third-order valence-electron chi connectivity index (χ3n) is 4.90. The van der Waals surface area contributed by atoms with Crippen LogP contribution < -0.4 is 10.5 Å². The van der Waals surface area contributed by atoms with Crippen molar-refractivity contribution in [2.75, 3.05) is 13.1 Å². The van der Waals surface area contributed by atoms with Gasteiger partial charge in [0.15, 0.2) is 6.10 Å². The van der Waals surface area contributed by atoms with Crippen LogP contribution in [-0.4, -0.2) is 36.0 Å². The first-order valence-electron chi connectivity index (χ1n) is 8.91. The highest BCUT2D eigenvalue weighted by Gasteiger charge is 2.34. The van der Waals surface area contributed by atoms with Gasteiger partial charge in [0, 0.05) is 12.6 Å². The van der Waals surface area contributed by atoms with Crippen molar-refractivity contribution in [2.45, 2.75) is 32.4 Å². The number of ether oxygens (including phenoxy) is 1. The van der Waals surface area contributed by atoms with E-state index in [9.17, 15) is 4.79 Å². The van der Waals surface area contributed by atoms with Gasteiger partial charge in [-0.2, -0.15) is 0 Å². The molecule has 26 heavy (non-hydrogen) atoms. The number of halogens is 1. The highest BCUT2D eigenvalue weighted by Crippen LogP contribution is 2.25. The molecule has 140 valence electrons. The molecule has 0 saturated carbocycles. The van der Waals surface area contributed by atoms with Crippen LogP contribution in [0.4, 0.5) is 0 Å². The minimum absolute atomic E-state index is 0. The van der Waals surface area contributed by atoms with Gasteiger partial charge in [-0.1, -0.05) is 42.5 Å². The van der Waals surface area contributed by atoms with Crippen molar-refractivity contribution in [1.29, 1.82) is 0 Å². The Morgan fingerprint density at radius 1 is 1.15 bits per heavy atom. The normalized spacial score (nSPS) is 20.3. The Balaban J connectivity index is 0.00000243. The van der Waals surface area contributed by atoms with Gasteiger partial charge < -0.3 is 15.4 Å². The molecule has 0 aliphatic carbocycles. The number of likely N-dealkylation sites (tertiary alicyclic amines) is 1. The Bertz CT molecular complexity index is 706. The summed E-state index contributed by atoms with van der Waals surface area (Å²) in [5, 5.41) is 0. The second kappa shape index (κ2) is 9.06. The Labute approximate surface area is 161 Å². The molecule has 1 amide bonds. The molecule has 1 aliphatic heterocycles. The topological polar surface area (TPSA) is 55.6 Å². The number of carbonyl (C=O) groups is 1. The highest BCUT2D eigenvalue weighted by molar-refractivity contribution is 5.85. The number of carbonyl (C=O) groups excluding carboxylic acids is 1. The molecule has 1 heterocycles. The van der Waals surface area contributed by atoms with Crippen molar-refractivity contribution >= 4 is 18.3 Å². The molecule has 3 rings (SSSR count). The summed E-state index contributed by atoms with van der Waals surface area (Å²) in [5.74, 6) is 1.15. The van der Waals surface area contributed by atoms with Gasteiger partial charge in [0.25, 0.3) is 5.91 Å². The monoisotopic (exact) mass is 374 g/mol. The smallest absolute Gasteiger partial charge is 0.263 e. The van der Waals surface area contributed by atoms with Crippen molar-refractivity contribution in [1.82, 2.24) is 4.90 Å². The maximum absolute atomic E-state index is 12.7. The lowest BCUT2D eigenvalue weighted by molar-refractivity contribution is -0.138. The maximum Gasteiger partial charge on any atom is 0.263 e. The molecule has 5 heteroatoms. The molecule has 3 atom stereocenters. The lowest BCUT2D eigenvalue weighted by atomic mass is 10.1. The Hall–Kier alpha value is -2.04. The lowest BCUT2D eigenvalue weighted by Crippen LogP contribution is -2.42. The molecule has 1 aliphatic rings. The van der Waals surface area contributed by atoms with Crippen LogP contribution in [0, 0.1) is 5.92 Å². The van der Waals surface area contributed by atoms with Crippen LogP contribution in [0.2, 0.25) is 0 Å². The maximum atomic E-state index is 12.7. The molecule has 4 nitrogen and oxygen atoms in total. The standard InChI is InChI=1S/C21H26N2O2.ClH/c1-15-12-17(13-22)14-23(15)21(24)16(2)25-20-10-8-19(9-11-20)18-6-4-3-5-7-18;/h3-11,15-17H,12-14,22H2,1-2H3;1H. The van der Waals surface area contributed by atoms with Gasteiger partial charge in [-0.15, -0.1) is 12.4 Å². The van der Waals surface area contributed by atoms with Gasteiger partial charge in [0.05, 0.1) is 0 Å². The molecule has 3 unspecified atom stereocenters. The average molecular weight is 375 g/mol. The zero-order valence-corrected chi connectivity index (χ0v) is 16.1. The Morgan fingerprint density at radius 3 is 2.35 bits per heavy atom. The zero-order chi connectivity index (χ0) is 17.8. The van der Waals surface area contributed by atoms with E-state index < -0.39 is 6.10 Å². The van der Waals surface area contributed by atoms with Crippen LogP contribution in [-0.2, 0) is 4.79 Å². The first-order chi connectivity index (χ1) is 12.1. The van der Waals surface area contributed by atoms with E-state index >= 15 is 0 Å². The summed E-state index contributed by atoms with van der Waals surface area (Å²) < 4.78 is 5.87. The molecule has 0 bridgehead atoms. The van der Waals surface area contributed by atoms with Crippen molar-refractivity contribution < 1.29 is 9.53 Å². The second-order valence-electron chi connectivity index (χ2n) is 6.83. The highest BCUT2D eigenvalue weighted by atomic mass is 35.5. The molecule has 1 fully saturated rings. The van der Waals surface area contributed by atoms with Crippen LogP contribution in [0.5, 0.6) is 5.75 Å². The number of amides is 1. The quantitative estimate of drug-likeness (QED) is 0.867. The first kappa shape index (κ1) is 20.3. The molecule has 2 aromatic rings. The van der Waals surface area contributed by atoms with Crippen LogP contribution in [0.3, 0.4) is 0 Å². The number of hydrogen-bond acceptors (Lipinski definition) is 3. The summed E-state index contributed by atoms with van der Waals surface area (Å²) in [5.41, 5.74) is 8.05. The third kappa shape index (κ3) is 4.57. The van der Waals surface area contributed by atoms with Crippen molar-refractivity contribution in [3.63, 3.8) is 0 Å². The van der Waals surface area contributed by atoms with Gasteiger partial charge in [0.1, 0.15) is 5.75 Å².